The van der Waals surface area contributed by atoms with E-state index in [0.29, 0.717) is 0 Å². The van der Waals surface area contributed by atoms with Gasteiger partial charge in [0.1, 0.15) is 0 Å². The van der Waals surface area contributed by atoms with E-state index in [1.807, 2.05) is 6.07 Å². The lowest BCUT2D eigenvalue weighted by Gasteiger charge is -1.95. The lowest BCUT2D eigenvalue weighted by Crippen LogP contribution is -1.74. The van der Waals surface area contributed by atoms with E-state index in [2.05, 4.69) is 60.4 Å². The number of hydrogen-bond acceptors (Lipinski definition) is 0. The predicted molar refractivity (Wildman–Crippen MR) is 68.5 cm³/mol. The molecule has 1 nitrogen and oxygen atoms in total. The lowest BCUT2D eigenvalue weighted by molar-refractivity contribution is 1.44. The number of nitrogens with one attached hydrogen (secondary N) is 1. The zero-order valence-corrected chi connectivity index (χ0v) is 9.20. The first-order chi connectivity index (χ1) is 7.83. The van der Waals surface area contributed by atoms with Crippen LogP contribution in [-0.2, 0) is 0 Å². The van der Waals surface area contributed by atoms with Crippen molar-refractivity contribution in [1.29, 1.82) is 0 Å². The van der Waals surface area contributed by atoms with E-state index in [1.165, 1.54) is 27.7 Å². The molecule has 1 heteroatoms. The van der Waals surface area contributed by atoms with Gasteiger partial charge in [-0.25, -0.2) is 0 Å². The number of rotatable bonds is 1. The molecule has 16 heavy (non-hydrogen) atoms. The highest BCUT2D eigenvalue weighted by molar-refractivity contribution is 5.86. The van der Waals surface area contributed by atoms with Gasteiger partial charge in [-0.1, -0.05) is 42.0 Å². The lowest BCUT2D eigenvalue weighted by atomic mass is 10.1. The maximum atomic E-state index is 3.44. The predicted octanol–water partition coefficient (Wildman–Crippen LogP) is 4.14. The summed E-state index contributed by atoms with van der Waals surface area (Å²) in [6.07, 6.45) is 0. The molecule has 0 unspecified atom stereocenters. The Bertz CT molecular complexity index is 620. The van der Waals surface area contributed by atoms with Crippen LogP contribution in [0.2, 0.25) is 0 Å². The average molecular weight is 207 g/mol. The van der Waals surface area contributed by atoms with E-state index >= 15 is 0 Å². The normalized spacial score (nSPS) is 10.8. The third-order valence-electron chi connectivity index (χ3n) is 2.86. The van der Waals surface area contributed by atoms with Crippen LogP contribution in [0.15, 0.2) is 54.6 Å². The zero-order valence-electron chi connectivity index (χ0n) is 9.20. The SMILES string of the molecule is Cc1ccc2[nH]c(-c3ccccc3)cc2c1. The minimum absolute atomic E-state index is 1.18. The first-order valence-corrected chi connectivity index (χ1v) is 5.48. The number of H-pyrrole nitrogens is 1. The summed E-state index contributed by atoms with van der Waals surface area (Å²) in [5, 5.41) is 1.28. The van der Waals surface area contributed by atoms with Crippen LogP contribution < -0.4 is 0 Å². The summed E-state index contributed by atoms with van der Waals surface area (Å²) >= 11 is 0. The van der Waals surface area contributed by atoms with E-state index in [4.69, 9.17) is 0 Å². The van der Waals surface area contributed by atoms with Gasteiger partial charge in [0.25, 0.3) is 0 Å². The number of hydrogen-bond donors (Lipinski definition) is 1. The van der Waals surface area contributed by atoms with Gasteiger partial charge in [-0.2, -0.15) is 0 Å². The summed E-state index contributed by atoms with van der Waals surface area (Å²) < 4.78 is 0. The molecule has 0 saturated carbocycles. The molecule has 0 amide bonds. The van der Waals surface area contributed by atoms with E-state index in [0.717, 1.165) is 0 Å². The molecule has 0 bridgehead atoms. The van der Waals surface area contributed by atoms with Crippen LogP contribution in [-0.4, -0.2) is 4.98 Å². The average Bonchev–Trinajstić information content (AvgIpc) is 2.73. The summed E-state index contributed by atoms with van der Waals surface area (Å²) in [5.41, 5.74) is 4.91. The smallest absolute Gasteiger partial charge is 0.0464 e. The van der Waals surface area contributed by atoms with Crippen LogP contribution in [0.25, 0.3) is 22.2 Å². The fourth-order valence-corrected chi connectivity index (χ4v) is 2.03. The van der Waals surface area contributed by atoms with Gasteiger partial charge in [0, 0.05) is 16.6 Å². The molecular formula is C15H13N. The quantitative estimate of drug-likeness (QED) is 0.617. The van der Waals surface area contributed by atoms with Gasteiger partial charge in [-0.3, -0.25) is 0 Å². The molecule has 0 radical (unpaired) electrons. The number of fused-ring (bicyclic) bond motifs is 1. The Balaban J connectivity index is 2.19. The van der Waals surface area contributed by atoms with E-state index in [1.54, 1.807) is 0 Å². The molecule has 0 spiro atoms. The molecule has 0 atom stereocenters. The molecule has 0 aliphatic rings. The number of benzene rings is 2. The maximum absolute atomic E-state index is 3.44. The highest BCUT2D eigenvalue weighted by Crippen LogP contribution is 2.24. The van der Waals surface area contributed by atoms with Crippen molar-refractivity contribution in [3.8, 4) is 11.3 Å². The van der Waals surface area contributed by atoms with E-state index in [-0.39, 0.29) is 0 Å². The van der Waals surface area contributed by atoms with Gasteiger partial charge >= 0.3 is 0 Å². The third kappa shape index (κ3) is 1.50. The van der Waals surface area contributed by atoms with Crippen LogP contribution in [0, 0.1) is 6.92 Å². The molecular weight excluding hydrogens is 194 g/mol. The third-order valence-corrected chi connectivity index (χ3v) is 2.86. The molecule has 3 aromatic rings. The Morgan fingerprint density at radius 1 is 0.875 bits per heavy atom. The van der Waals surface area contributed by atoms with Crippen molar-refractivity contribution >= 4 is 10.9 Å². The van der Waals surface area contributed by atoms with Crippen molar-refractivity contribution in [1.82, 2.24) is 4.98 Å². The van der Waals surface area contributed by atoms with Crippen LogP contribution in [0.5, 0.6) is 0 Å². The molecule has 0 aliphatic carbocycles. The van der Waals surface area contributed by atoms with Crippen LogP contribution in [0.3, 0.4) is 0 Å². The van der Waals surface area contributed by atoms with Gasteiger partial charge < -0.3 is 4.98 Å². The van der Waals surface area contributed by atoms with Crippen molar-refractivity contribution in [3.05, 3.63) is 60.2 Å². The standard InChI is InChI=1S/C15H13N/c1-11-7-8-14-13(9-11)10-15(16-14)12-5-3-2-4-6-12/h2-10,16H,1H3. The first-order valence-electron chi connectivity index (χ1n) is 5.48. The molecule has 0 saturated heterocycles. The number of aromatic amines is 1. The molecule has 0 fully saturated rings. The second-order valence-electron chi connectivity index (χ2n) is 4.14. The maximum Gasteiger partial charge on any atom is 0.0464 e. The Kier molecular flexibility index (Phi) is 2.03. The molecule has 2 aromatic carbocycles. The van der Waals surface area contributed by atoms with Crippen molar-refractivity contribution in [2.75, 3.05) is 0 Å². The summed E-state index contributed by atoms with van der Waals surface area (Å²) in [6.45, 7) is 2.12. The van der Waals surface area contributed by atoms with Gasteiger partial charge in [0.2, 0.25) is 0 Å². The van der Waals surface area contributed by atoms with E-state index in [9.17, 15) is 0 Å². The highest BCUT2D eigenvalue weighted by Gasteiger charge is 2.02. The Morgan fingerprint density at radius 2 is 1.69 bits per heavy atom. The Morgan fingerprint density at radius 3 is 2.50 bits per heavy atom. The molecule has 1 aromatic heterocycles. The first kappa shape index (κ1) is 9.22. The molecule has 1 heterocycles. The second kappa shape index (κ2) is 3.53. The zero-order chi connectivity index (χ0) is 11.0. The summed E-state index contributed by atoms with van der Waals surface area (Å²) in [6, 6.07) is 19.1. The Hall–Kier alpha value is -2.02. The molecule has 78 valence electrons. The summed E-state index contributed by atoms with van der Waals surface area (Å²) in [4.78, 5) is 3.44. The Labute approximate surface area is 94.7 Å². The minimum atomic E-state index is 1.18. The molecule has 3 rings (SSSR count). The highest BCUT2D eigenvalue weighted by atomic mass is 14.7. The van der Waals surface area contributed by atoms with Crippen molar-refractivity contribution < 1.29 is 0 Å². The topological polar surface area (TPSA) is 15.8 Å². The summed E-state index contributed by atoms with van der Waals surface area (Å²) in [5.74, 6) is 0. The minimum Gasteiger partial charge on any atom is -0.355 e. The largest absolute Gasteiger partial charge is 0.355 e. The monoisotopic (exact) mass is 207 g/mol. The van der Waals surface area contributed by atoms with Crippen molar-refractivity contribution in [2.45, 2.75) is 6.92 Å². The second-order valence-corrected chi connectivity index (χ2v) is 4.14. The van der Waals surface area contributed by atoms with Gasteiger partial charge in [-0.15, -0.1) is 0 Å². The van der Waals surface area contributed by atoms with Gasteiger partial charge in [0.15, 0.2) is 0 Å². The number of aryl methyl sites for hydroxylation is 1. The van der Waals surface area contributed by atoms with E-state index < -0.39 is 0 Å². The number of aromatic nitrogens is 1. The van der Waals surface area contributed by atoms with Gasteiger partial charge in [-0.05, 0) is 30.7 Å². The van der Waals surface area contributed by atoms with Crippen molar-refractivity contribution in [3.63, 3.8) is 0 Å². The van der Waals surface area contributed by atoms with Gasteiger partial charge in [0.05, 0.1) is 0 Å². The van der Waals surface area contributed by atoms with Crippen LogP contribution >= 0.6 is 0 Å². The summed E-state index contributed by atoms with van der Waals surface area (Å²) in [7, 11) is 0. The van der Waals surface area contributed by atoms with Crippen molar-refractivity contribution in [2.24, 2.45) is 0 Å². The van der Waals surface area contributed by atoms with Crippen LogP contribution in [0.4, 0.5) is 0 Å². The molecule has 0 aliphatic heterocycles. The van der Waals surface area contributed by atoms with Crippen LogP contribution in [0.1, 0.15) is 5.56 Å². The molecule has 1 N–H and O–H groups in total. The fourth-order valence-electron chi connectivity index (χ4n) is 2.03. The fraction of sp³-hybridized carbons (Fsp3) is 0.0667.